The van der Waals surface area contributed by atoms with Gasteiger partial charge in [0.1, 0.15) is 11.4 Å². The average molecular weight is 230 g/mol. The summed E-state index contributed by atoms with van der Waals surface area (Å²) in [5, 5.41) is 8.54. The second-order valence-corrected chi connectivity index (χ2v) is 4.26. The Labute approximate surface area is 96.7 Å². The third-order valence-corrected chi connectivity index (χ3v) is 3.15. The summed E-state index contributed by atoms with van der Waals surface area (Å²) in [6.07, 6.45) is 3.43. The zero-order chi connectivity index (χ0) is 10.8. The zero-order valence-electron chi connectivity index (χ0n) is 8.51. The van der Waals surface area contributed by atoms with Crippen molar-refractivity contribution < 1.29 is 4.42 Å². The van der Waals surface area contributed by atoms with E-state index in [1.54, 1.807) is 23.8 Å². The molecule has 0 spiro atoms. The van der Waals surface area contributed by atoms with Gasteiger partial charge in [-0.1, -0.05) is 0 Å². The van der Waals surface area contributed by atoms with E-state index in [1.807, 2.05) is 12.1 Å². The Hall–Kier alpha value is -1.81. The molecule has 0 radical (unpaired) electrons. The molecule has 1 N–H and O–H groups in total. The predicted molar refractivity (Wildman–Crippen MR) is 65.7 cm³/mol. The Balaban J connectivity index is 1.86. The summed E-state index contributed by atoms with van der Waals surface area (Å²) in [7, 11) is 0. The molecule has 0 bridgehead atoms. The van der Waals surface area contributed by atoms with Crippen LogP contribution < -0.4 is 5.32 Å². The number of pyridine rings is 1. The standard InChI is InChI=1S/C12H10N2OS/c1-4-13-12(10-2-5-15-11(1)10)14-7-9-3-6-16-8-9/h1-6,8H,7H2,(H,13,14). The number of nitrogens with one attached hydrogen (secondary N) is 1. The predicted octanol–water partition coefficient (Wildman–Crippen LogP) is 3.50. The maximum absolute atomic E-state index is 5.32. The van der Waals surface area contributed by atoms with E-state index in [0.717, 1.165) is 23.3 Å². The molecule has 3 rings (SSSR count). The Kier molecular flexibility index (Phi) is 2.34. The number of hydrogen-bond donors (Lipinski definition) is 1. The van der Waals surface area contributed by atoms with Gasteiger partial charge in [-0.2, -0.15) is 11.3 Å². The first-order valence-corrected chi connectivity index (χ1v) is 5.95. The molecule has 0 saturated heterocycles. The molecule has 80 valence electrons. The number of nitrogens with zero attached hydrogens (tertiary/aromatic N) is 1. The summed E-state index contributed by atoms with van der Waals surface area (Å²) in [6.45, 7) is 0.792. The Morgan fingerprint density at radius 1 is 1.31 bits per heavy atom. The summed E-state index contributed by atoms with van der Waals surface area (Å²) in [6, 6.07) is 5.90. The van der Waals surface area contributed by atoms with Crippen LogP contribution in [-0.4, -0.2) is 4.98 Å². The molecule has 0 atom stereocenters. The molecule has 0 aromatic carbocycles. The lowest BCUT2D eigenvalue weighted by atomic mass is 10.3. The fourth-order valence-electron chi connectivity index (χ4n) is 1.61. The van der Waals surface area contributed by atoms with Crippen molar-refractivity contribution in [1.82, 2.24) is 4.98 Å². The lowest BCUT2D eigenvalue weighted by Crippen LogP contribution is -2.00. The fraction of sp³-hybridized carbons (Fsp3) is 0.0833. The number of thiophene rings is 1. The van der Waals surface area contributed by atoms with E-state index in [4.69, 9.17) is 4.42 Å². The largest absolute Gasteiger partial charge is 0.464 e. The van der Waals surface area contributed by atoms with Gasteiger partial charge >= 0.3 is 0 Å². The van der Waals surface area contributed by atoms with E-state index in [9.17, 15) is 0 Å². The van der Waals surface area contributed by atoms with E-state index >= 15 is 0 Å². The third-order valence-electron chi connectivity index (χ3n) is 2.42. The first-order chi connectivity index (χ1) is 7.93. The van der Waals surface area contributed by atoms with Crippen molar-refractivity contribution in [1.29, 1.82) is 0 Å². The number of aromatic nitrogens is 1. The minimum Gasteiger partial charge on any atom is -0.464 e. The molecule has 0 fully saturated rings. The highest BCUT2D eigenvalue weighted by atomic mass is 32.1. The third kappa shape index (κ3) is 1.67. The van der Waals surface area contributed by atoms with Crippen molar-refractivity contribution in [3.8, 4) is 0 Å². The monoisotopic (exact) mass is 230 g/mol. The van der Waals surface area contributed by atoms with E-state index in [1.165, 1.54) is 5.56 Å². The van der Waals surface area contributed by atoms with Gasteiger partial charge in [-0.15, -0.1) is 0 Å². The summed E-state index contributed by atoms with van der Waals surface area (Å²) in [5.74, 6) is 0.873. The Morgan fingerprint density at radius 3 is 3.19 bits per heavy atom. The van der Waals surface area contributed by atoms with Crippen LogP contribution in [0.2, 0.25) is 0 Å². The van der Waals surface area contributed by atoms with Crippen molar-refractivity contribution in [2.45, 2.75) is 6.54 Å². The average Bonchev–Trinajstić information content (AvgIpc) is 2.97. The van der Waals surface area contributed by atoms with Gasteiger partial charge in [0, 0.05) is 12.7 Å². The van der Waals surface area contributed by atoms with Gasteiger partial charge in [0.05, 0.1) is 11.6 Å². The molecule has 3 nitrogen and oxygen atoms in total. The van der Waals surface area contributed by atoms with Crippen LogP contribution in [0.1, 0.15) is 5.56 Å². The van der Waals surface area contributed by atoms with Crippen molar-refractivity contribution in [2.24, 2.45) is 0 Å². The lowest BCUT2D eigenvalue weighted by molar-refractivity contribution is 0.615. The maximum Gasteiger partial charge on any atom is 0.139 e. The van der Waals surface area contributed by atoms with Crippen LogP contribution in [0.25, 0.3) is 11.0 Å². The van der Waals surface area contributed by atoms with E-state index in [2.05, 4.69) is 27.1 Å². The number of hydrogen-bond acceptors (Lipinski definition) is 4. The topological polar surface area (TPSA) is 38.1 Å². The van der Waals surface area contributed by atoms with Crippen LogP contribution in [0.5, 0.6) is 0 Å². The highest BCUT2D eigenvalue weighted by Crippen LogP contribution is 2.22. The number of fused-ring (bicyclic) bond motifs is 1. The van der Waals surface area contributed by atoms with Crippen molar-refractivity contribution in [2.75, 3.05) is 5.32 Å². The minimum atomic E-state index is 0.792. The Bertz CT molecular complexity index is 586. The highest BCUT2D eigenvalue weighted by Gasteiger charge is 2.03. The van der Waals surface area contributed by atoms with Gasteiger partial charge in [0.2, 0.25) is 0 Å². The Morgan fingerprint density at radius 2 is 2.31 bits per heavy atom. The van der Waals surface area contributed by atoms with Gasteiger partial charge in [-0.25, -0.2) is 4.98 Å². The quantitative estimate of drug-likeness (QED) is 0.748. The molecule has 0 aliphatic heterocycles. The van der Waals surface area contributed by atoms with Gasteiger partial charge in [-0.05, 0) is 34.5 Å². The van der Waals surface area contributed by atoms with Crippen LogP contribution in [-0.2, 0) is 6.54 Å². The van der Waals surface area contributed by atoms with Gasteiger partial charge in [-0.3, -0.25) is 0 Å². The van der Waals surface area contributed by atoms with Gasteiger partial charge in [0.25, 0.3) is 0 Å². The number of anilines is 1. The normalized spacial score (nSPS) is 10.8. The van der Waals surface area contributed by atoms with E-state index in [0.29, 0.717) is 0 Å². The van der Waals surface area contributed by atoms with Crippen LogP contribution >= 0.6 is 11.3 Å². The maximum atomic E-state index is 5.32. The molecule has 0 amide bonds. The smallest absolute Gasteiger partial charge is 0.139 e. The van der Waals surface area contributed by atoms with E-state index < -0.39 is 0 Å². The van der Waals surface area contributed by atoms with Crippen LogP contribution in [0.3, 0.4) is 0 Å². The van der Waals surface area contributed by atoms with Crippen LogP contribution in [0.4, 0.5) is 5.82 Å². The van der Waals surface area contributed by atoms with Crippen molar-refractivity contribution >= 4 is 28.1 Å². The fourth-order valence-corrected chi connectivity index (χ4v) is 2.28. The summed E-state index contributed by atoms with van der Waals surface area (Å²) in [5.41, 5.74) is 2.13. The molecule has 0 aliphatic rings. The molecular weight excluding hydrogens is 220 g/mol. The molecule has 0 unspecified atom stereocenters. The second kappa shape index (κ2) is 3.98. The van der Waals surface area contributed by atoms with E-state index in [-0.39, 0.29) is 0 Å². The van der Waals surface area contributed by atoms with Gasteiger partial charge < -0.3 is 9.73 Å². The second-order valence-electron chi connectivity index (χ2n) is 3.48. The minimum absolute atomic E-state index is 0.792. The van der Waals surface area contributed by atoms with Crippen molar-refractivity contribution in [3.63, 3.8) is 0 Å². The molecule has 3 aromatic rings. The highest BCUT2D eigenvalue weighted by molar-refractivity contribution is 7.07. The van der Waals surface area contributed by atoms with Gasteiger partial charge in [0.15, 0.2) is 0 Å². The number of furan rings is 1. The summed E-state index contributed by atoms with van der Waals surface area (Å²) in [4.78, 5) is 4.31. The summed E-state index contributed by atoms with van der Waals surface area (Å²) >= 11 is 1.70. The molecule has 3 heterocycles. The molecule has 4 heteroatoms. The SMILES string of the molecule is c1cc2occc2c(NCc2ccsc2)n1. The van der Waals surface area contributed by atoms with Crippen LogP contribution in [0.15, 0.2) is 45.8 Å². The first kappa shape index (κ1) is 9.42. The molecule has 0 aliphatic carbocycles. The molecule has 3 aromatic heterocycles. The lowest BCUT2D eigenvalue weighted by Gasteiger charge is -2.04. The van der Waals surface area contributed by atoms with Crippen LogP contribution in [0, 0.1) is 0 Å². The molecule has 16 heavy (non-hydrogen) atoms. The van der Waals surface area contributed by atoms with Crippen molar-refractivity contribution in [3.05, 3.63) is 47.0 Å². The first-order valence-electron chi connectivity index (χ1n) is 5.00. The zero-order valence-corrected chi connectivity index (χ0v) is 9.33. The number of rotatable bonds is 3. The molecular formula is C12H10N2OS. The summed E-state index contributed by atoms with van der Waals surface area (Å²) < 4.78 is 5.32. The molecule has 0 saturated carbocycles.